The summed E-state index contributed by atoms with van der Waals surface area (Å²) in [5, 5.41) is 10.9. The molecule has 0 bridgehead atoms. The van der Waals surface area contributed by atoms with Gasteiger partial charge >= 0.3 is 6.18 Å². The Labute approximate surface area is 129 Å². The van der Waals surface area contributed by atoms with Crippen molar-refractivity contribution in [3.63, 3.8) is 0 Å². The van der Waals surface area contributed by atoms with Crippen molar-refractivity contribution in [1.82, 2.24) is 9.80 Å². The van der Waals surface area contributed by atoms with Crippen LogP contribution < -0.4 is 0 Å². The van der Waals surface area contributed by atoms with Crippen LogP contribution in [-0.4, -0.2) is 59.9 Å². The lowest BCUT2D eigenvalue weighted by atomic mass is 10.1. The van der Waals surface area contributed by atoms with Crippen LogP contribution in [0.25, 0.3) is 0 Å². The zero-order chi connectivity index (χ0) is 17.8. The molecule has 0 saturated heterocycles. The van der Waals surface area contributed by atoms with Gasteiger partial charge in [-0.25, -0.2) is 0 Å². The summed E-state index contributed by atoms with van der Waals surface area (Å²) < 4.78 is 37.9. The number of halogens is 3. The molecule has 0 aromatic heterocycles. The third-order valence-electron chi connectivity index (χ3n) is 2.81. The molecule has 0 fully saturated rings. The molecule has 10 heteroatoms. The van der Waals surface area contributed by atoms with E-state index < -0.39 is 47.3 Å². The fourth-order valence-electron chi connectivity index (χ4n) is 1.70. The van der Waals surface area contributed by atoms with Crippen LogP contribution in [0.5, 0.6) is 0 Å². The number of hydrogen-bond donors (Lipinski definition) is 0. The number of carbonyl (C=O) groups excluding carboxylic acids is 2. The van der Waals surface area contributed by atoms with Gasteiger partial charge in [-0.2, -0.15) is 13.2 Å². The minimum absolute atomic E-state index is 0.241. The molecule has 0 spiro atoms. The molecule has 1 aromatic rings. The second kappa shape index (κ2) is 7.07. The van der Waals surface area contributed by atoms with Crippen molar-refractivity contribution in [2.24, 2.45) is 0 Å². The highest BCUT2D eigenvalue weighted by Gasteiger charge is 2.36. The Morgan fingerprint density at radius 3 is 2.26 bits per heavy atom. The molecular weight excluding hydrogens is 319 g/mol. The van der Waals surface area contributed by atoms with E-state index in [1.165, 1.54) is 26.2 Å². The highest BCUT2D eigenvalue weighted by molar-refractivity contribution is 5.99. The molecule has 126 valence electrons. The molecule has 0 N–H and O–H groups in total. The van der Waals surface area contributed by atoms with E-state index in [-0.39, 0.29) is 4.90 Å². The summed E-state index contributed by atoms with van der Waals surface area (Å²) in [6.45, 7) is -2.52. The fraction of sp³-hybridized carbons (Fsp3) is 0.385. The number of rotatable bonds is 5. The zero-order valence-corrected chi connectivity index (χ0v) is 12.3. The van der Waals surface area contributed by atoms with Crippen molar-refractivity contribution in [1.29, 1.82) is 0 Å². The molecule has 0 aliphatic rings. The molecule has 2 amide bonds. The smallest absolute Gasteiger partial charge is 0.347 e. The highest BCUT2D eigenvalue weighted by Crippen LogP contribution is 2.23. The van der Waals surface area contributed by atoms with Crippen molar-refractivity contribution in [3.8, 4) is 0 Å². The lowest BCUT2D eigenvalue weighted by Gasteiger charge is -2.24. The lowest BCUT2D eigenvalue weighted by molar-refractivity contribution is -0.385. The first kappa shape index (κ1) is 18.4. The van der Waals surface area contributed by atoms with Crippen LogP contribution in [0.15, 0.2) is 24.3 Å². The van der Waals surface area contributed by atoms with Crippen LogP contribution in [0.4, 0.5) is 18.9 Å². The molecule has 0 unspecified atom stereocenters. The Balaban J connectivity index is 3.18. The molecule has 0 heterocycles. The standard InChI is InChI=1S/C13H14F3N3O4/c1-17(2)11(20)7-18(8-13(14,15)16)12(21)9-5-3-4-6-10(9)19(22)23/h3-6H,7-8H2,1-2H3. The maximum atomic E-state index is 12.6. The molecule has 7 nitrogen and oxygen atoms in total. The number of nitrogens with zero attached hydrogens (tertiary/aromatic N) is 3. The molecule has 0 aliphatic heterocycles. The molecule has 1 rings (SSSR count). The van der Waals surface area contributed by atoms with E-state index in [0.29, 0.717) is 0 Å². The third-order valence-corrected chi connectivity index (χ3v) is 2.81. The minimum atomic E-state index is -4.74. The first-order chi connectivity index (χ1) is 10.5. The zero-order valence-electron chi connectivity index (χ0n) is 12.3. The number of nitro groups is 1. The van der Waals surface area contributed by atoms with E-state index in [0.717, 1.165) is 17.0 Å². The van der Waals surface area contributed by atoms with Crippen LogP contribution in [0.2, 0.25) is 0 Å². The monoisotopic (exact) mass is 333 g/mol. The number of hydrogen-bond acceptors (Lipinski definition) is 4. The second-order valence-electron chi connectivity index (χ2n) is 4.84. The summed E-state index contributed by atoms with van der Waals surface area (Å²) in [5.41, 5.74) is -1.13. The van der Waals surface area contributed by atoms with Gasteiger partial charge in [0.1, 0.15) is 18.7 Å². The van der Waals surface area contributed by atoms with Gasteiger partial charge in [0.25, 0.3) is 11.6 Å². The van der Waals surface area contributed by atoms with Gasteiger partial charge in [0.2, 0.25) is 5.91 Å². The number of likely N-dealkylation sites (N-methyl/N-ethyl adjacent to an activating group) is 1. The third kappa shape index (κ3) is 5.24. The summed E-state index contributed by atoms with van der Waals surface area (Å²) in [6, 6.07) is 4.63. The normalized spacial score (nSPS) is 11.0. The van der Waals surface area contributed by atoms with Crippen LogP contribution in [0.3, 0.4) is 0 Å². The van der Waals surface area contributed by atoms with E-state index >= 15 is 0 Å². The predicted molar refractivity (Wildman–Crippen MR) is 73.7 cm³/mol. The van der Waals surface area contributed by atoms with Gasteiger partial charge in [-0.05, 0) is 6.07 Å². The van der Waals surface area contributed by atoms with Crippen molar-refractivity contribution >= 4 is 17.5 Å². The lowest BCUT2D eigenvalue weighted by Crippen LogP contribution is -2.45. The summed E-state index contributed by atoms with van der Waals surface area (Å²) in [7, 11) is 2.65. The quantitative estimate of drug-likeness (QED) is 0.606. The summed E-state index contributed by atoms with van der Waals surface area (Å²) in [5.74, 6) is -1.97. The Hall–Kier alpha value is -2.65. The largest absolute Gasteiger partial charge is 0.406 e. The summed E-state index contributed by atoms with van der Waals surface area (Å²) in [4.78, 5) is 35.2. The van der Waals surface area contributed by atoms with Crippen molar-refractivity contribution < 1.29 is 27.7 Å². The molecule has 0 saturated carbocycles. The maximum absolute atomic E-state index is 12.6. The van der Waals surface area contributed by atoms with E-state index in [2.05, 4.69) is 0 Å². The molecular formula is C13H14F3N3O4. The Bertz CT molecular complexity index is 617. The minimum Gasteiger partial charge on any atom is -0.347 e. The number of carbonyl (C=O) groups is 2. The first-order valence-corrected chi connectivity index (χ1v) is 6.32. The Kier molecular flexibility index (Phi) is 5.66. The van der Waals surface area contributed by atoms with Crippen LogP contribution in [-0.2, 0) is 4.79 Å². The fourth-order valence-corrected chi connectivity index (χ4v) is 1.70. The van der Waals surface area contributed by atoms with Gasteiger partial charge in [-0.1, -0.05) is 12.1 Å². The summed E-state index contributed by atoms with van der Waals surface area (Å²) in [6.07, 6.45) is -4.74. The van der Waals surface area contributed by atoms with Gasteiger partial charge < -0.3 is 9.80 Å². The van der Waals surface area contributed by atoms with Gasteiger partial charge in [0, 0.05) is 20.2 Å². The molecule has 0 aliphatic carbocycles. The van der Waals surface area contributed by atoms with Gasteiger partial charge in [0.05, 0.1) is 4.92 Å². The molecule has 0 radical (unpaired) electrons. The van der Waals surface area contributed by atoms with Crippen molar-refractivity contribution in [2.45, 2.75) is 6.18 Å². The number of amides is 2. The summed E-state index contributed by atoms with van der Waals surface area (Å²) >= 11 is 0. The van der Waals surface area contributed by atoms with Crippen LogP contribution in [0, 0.1) is 10.1 Å². The van der Waals surface area contributed by atoms with E-state index in [1.54, 1.807) is 0 Å². The average molecular weight is 333 g/mol. The van der Waals surface area contributed by atoms with E-state index in [9.17, 15) is 32.9 Å². The SMILES string of the molecule is CN(C)C(=O)CN(CC(F)(F)F)C(=O)c1ccccc1[N+](=O)[O-]. The van der Waals surface area contributed by atoms with E-state index in [4.69, 9.17) is 0 Å². The maximum Gasteiger partial charge on any atom is 0.406 e. The number of alkyl halides is 3. The Morgan fingerprint density at radius 2 is 1.78 bits per heavy atom. The number of para-hydroxylation sites is 1. The highest BCUT2D eigenvalue weighted by atomic mass is 19.4. The first-order valence-electron chi connectivity index (χ1n) is 6.32. The number of benzene rings is 1. The van der Waals surface area contributed by atoms with Crippen molar-refractivity contribution in [3.05, 3.63) is 39.9 Å². The van der Waals surface area contributed by atoms with Crippen LogP contribution in [0.1, 0.15) is 10.4 Å². The molecule has 23 heavy (non-hydrogen) atoms. The predicted octanol–water partition coefficient (Wildman–Crippen LogP) is 1.69. The molecule has 0 atom stereocenters. The van der Waals surface area contributed by atoms with Gasteiger partial charge in [-0.15, -0.1) is 0 Å². The molecule has 1 aromatic carbocycles. The van der Waals surface area contributed by atoms with E-state index in [1.807, 2.05) is 0 Å². The Morgan fingerprint density at radius 1 is 1.22 bits per heavy atom. The average Bonchev–Trinajstić information content (AvgIpc) is 2.44. The van der Waals surface area contributed by atoms with Gasteiger partial charge in [-0.3, -0.25) is 19.7 Å². The van der Waals surface area contributed by atoms with Gasteiger partial charge in [0.15, 0.2) is 0 Å². The topological polar surface area (TPSA) is 83.8 Å². The second-order valence-corrected chi connectivity index (χ2v) is 4.84. The number of nitro benzene ring substituents is 1. The van der Waals surface area contributed by atoms with Crippen LogP contribution >= 0.6 is 0 Å². The van der Waals surface area contributed by atoms with Crippen molar-refractivity contribution in [2.75, 3.05) is 27.2 Å².